The Morgan fingerprint density at radius 2 is 1.31 bits per heavy atom. The van der Waals surface area contributed by atoms with E-state index >= 15 is 0 Å². The highest BCUT2D eigenvalue weighted by atomic mass is 32.2. The molecule has 2 aliphatic heterocycles. The zero-order valence-electron chi connectivity index (χ0n) is 54.9. The van der Waals surface area contributed by atoms with E-state index in [9.17, 15) is 70.7 Å². The highest BCUT2D eigenvalue weighted by Crippen LogP contribution is 2.46. The lowest BCUT2D eigenvalue weighted by Gasteiger charge is -2.39. The average Bonchev–Trinajstić information content (AvgIpc) is 0.780. The number of aliphatic hydroxyl groups excluding tert-OH is 4. The lowest BCUT2D eigenvalue weighted by Crippen LogP contribution is -2.59. The third kappa shape index (κ3) is 22.5. The van der Waals surface area contributed by atoms with Crippen LogP contribution in [0.4, 0.5) is 5.69 Å². The highest BCUT2D eigenvalue weighted by Gasteiger charge is 2.44. The highest BCUT2D eigenvalue weighted by molar-refractivity contribution is 7.86. The normalized spacial score (nSPS) is 16.6. The lowest BCUT2D eigenvalue weighted by atomic mass is 9.89. The summed E-state index contributed by atoms with van der Waals surface area (Å²) in [5.41, 5.74) is 5.05. The number of aliphatic hydroxyl groups is 4. The molecule has 2 aromatic heterocycles. The minimum atomic E-state index is -5.27. The fourth-order valence-corrected chi connectivity index (χ4v) is 11.8. The van der Waals surface area contributed by atoms with Crippen LogP contribution in [0.2, 0.25) is 0 Å². The number of hydrogen-bond acceptors (Lipinski definition) is 28. The number of nitrogens with one attached hydrogen (secondary N) is 4. The molecular weight excluding hydrogens is 1390 g/mol. The second kappa shape index (κ2) is 38.3. The molecule has 1 saturated heterocycles. The molecule has 0 bridgehead atoms. The number of ether oxygens (including phenoxy) is 9. The fraction of sp³-hybridized carbons (Fsp3) is 0.453. The topological polar surface area (TPSA) is 522 Å². The van der Waals surface area contributed by atoms with Gasteiger partial charge in [-0.2, -0.15) is 16.8 Å². The van der Waals surface area contributed by atoms with Crippen molar-refractivity contribution in [1.29, 1.82) is 5.41 Å². The van der Waals surface area contributed by atoms with Gasteiger partial charge in [-0.1, -0.05) is 22.6 Å². The molecule has 0 unspecified atom stereocenters. The van der Waals surface area contributed by atoms with E-state index in [1.807, 2.05) is 12.1 Å². The van der Waals surface area contributed by atoms with Crippen LogP contribution in [0.25, 0.3) is 33.4 Å². The van der Waals surface area contributed by atoms with Gasteiger partial charge in [-0.05, 0) is 72.1 Å². The van der Waals surface area contributed by atoms with Gasteiger partial charge in [0.05, 0.1) is 141 Å². The molecule has 0 saturated carbocycles. The zero-order chi connectivity index (χ0) is 73.3. The van der Waals surface area contributed by atoms with Gasteiger partial charge in [-0.3, -0.25) is 28.9 Å². The molecule has 3 aliphatic rings. The number of hydrogen-bond donors (Lipinski definition) is 12. The minimum absolute atomic E-state index is 0.0223. The molecule has 38 heteroatoms. The van der Waals surface area contributed by atoms with Gasteiger partial charge < -0.3 is 94.3 Å². The van der Waals surface area contributed by atoms with Crippen molar-refractivity contribution >= 4 is 60.6 Å². The van der Waals surface area contributed by atoms with Crippen LogP contribution < -0.4 is 31.8 Å². The van der Waals surface area contributed by atoms with Gasteiger partial charge in [-0.25, -0.2) is 14.2 Å². The summed E-state index contributed by atoms with van der Waals surface area (Å²) in [5.74, 6) is -0.863. The Balaban J connectivity index is 0.666. The number of carbonyl (C=O) groups excluding carboxylic acids is 3. The van der Waals surface area contributed by atoms with E-state index in [0.29, 0.717) is 76.4 Å². The number of rotatable bonds is 43. The number of aromatic nitrogens is 6. The van der Waals surface area contributed by atoms with E-state index in [1.54, 1.807) is 29.2 Å². The molecule has 8 rings (SSSR count). The predicted molar refractivity (Wildman–Crippen MR) is 353 cm³/mol. The Kier molecular flexibility index (Phi) is 29.6. The smallest absolute Gasteiger partial charge is 0.336 e. The van der Waals surface area contributed by atoms with Crippen molar-refractivity contribution in [2.75, 3.05) is 111 Å². The molecule has 102 heavy (non-hydrogen) atoms. The summed E-state index contributed by atoms with van der Waals surface area (Å²) in [4.78, 5) is 50.1. The van der Waals surface area contributed by atoms with Crippen LogP contribution >= 0.6 is 0 Å². The van der Waals surface area contributed by atoms with Crippen molar-refractivity contribution in [2.24, 2.45) is 0 Å². The first-order valence-corrected chi connectivity index (χ1v) is 34.7. The van der Waals surface area contributed by atoms with Crippen LogP contribution in [0.15, 0.2) is 93.3 Å². The number of carbonyl (C=O) groups is 4. The molecule has 5 aromatic rings. The van der Waals surface area contributed by atoms with E-state index in [-0.39, 0.29) is 113 Å². The summed E-state index contributed by atoms with van der Waals surface area (Å²) in [7, 11) is -10.5. The molecule has 1 aliphatic carbocycles. The van der Waals surface area contributed by atoms with Crippen molar-refractivity contribution < 1.29 is 118 Å². The summed E-state index contributed by atoms with van der Waals surface area (Å²) >= 11 is 0. The molecule has 36 nitrogen and oxygen atoms in total. The second-order valence-electron chi connectivity index (χ2n) is 22.6. The van der Waals surface area contributed by atoms with Gasteiger partial charge in [-0.15, -0.1) is 22.5 Å². The number of carboxylic acids is 1. The number of fused-ring (bicyclic) bond motifs is 2. The Hall–Kier alpha value is -8.99. The summed E-state index contributed by atoms with van der Waals surface area (Å²) in [5, 5.41) is 81.4. The number of aromatic carboxylic acids is 1. The molecule has 6 atom stereocenters. The summed E-state index contributed by atoms with van der Waals surface area (Å²) in [6, 6.07) is 14.2. The lowest BCUT2D eigenvalue weighted by molar-refractivity contribution is -0.300. The number of benzene rings is 4. The van der Waals surface area contributed by atoms with Crippen molar-refractivity contribution in [3.63, 3.8) is 0 Å². The molecule has 3 amide bonds. The van der Waals surface area contributed by atoms with E-state index in [0.717, 1.165) is 29.8 Å². The fourth-order valence-electron chi connectivity index (χ4n) is 10.3. The zero-order valence-corrected chi connectivity index (χ0v) is 56.5. The first-order valence-electron chi connectivity index (χ1n) is 31.8. The second-order valence-corrected chi connectivity index (χ2v) is 25.3. The summed E-state index contributed by atoms with van der Waals surface area (Å²) < 4.78 is 130. The van der Waals surface area contributed by atoms with Gasteiger partial charge >= 0.3 is 5.97 Å². The predicted octanol–water partition coefficient (Wildman–Crippen LogP) is -0.634. The van der Waals surface area contributed by atoms with Crippen molar-refractivity contribution in [2.45, 2.75) is 91.9 Å². The average molecular weight is 1470 g/mol. The number of nitrogen functional groups attached to an aromatic ring is 1. The maximum atomic E-state index is 13.6. The molecule has 4 heterocycles. The Morgan fingerprint density at radius 1 is 0.706 bits per heavy atom. The number of terminal acetylenes is 1. The van der Waals surface area contributed by atoms with Crippen molar-refractivity contribution in [3.8, 4) is 40.5 Å². The van der Waals surface area contributed by atoms with E-state index < -0.39 is 125 Å². The monoisotopic (exact) mass is 1470 g/mol. The molecule has 3 aromatic carbocycles. The number of nitrogens with two attached hydrogens (primary N) is 1. The van der Waals surface area contributed by atoms with E-state index in [2.05, 4.69) is 42.5 Å². The van der Waals surface area contributed by atoms with Gasteiger partial charge in [0.25, 0.3) is 26.1 Å². The molecule has 0 radical (unpaired) electrons. The van der Waals surface area contributed by atoms with Gasteiger partial charge in [0.15, 0.2) is 27.4 Å². The van der Waals surface area contributed by atoms with Crippen LogP contribution in [0.1, 0.15) is 50.5 Å². The number of amides is 3. The molecule has 13 N–H and O–H groups in total. The summed E-state index contributed by atoms with van der Waals surface area (Å²) in [6.45, 7) is 3.71. The minimum Gasteiger partial charge on any atom is -0.491 e. The Bertz CT molecular complexity index is 4260. The third-order valence-corrected chi connectivity index (χ3v) is 17.2. The number of carboxylic acid groups (broad SMARTS) is 1. The number of anilines is 1. The van der Waals surface area contributed by atoms with Crippen molar-refractivity contribution in [1.82, 2.24) is 45.9 Å². The van der Waals surface area contributed by atoms with Crippen molar-refractivity contribution in [3.05, 3.63) is 113 Å². The quantitative estimate of drug-likeness (QED) is 0.00744. The van der Waals surface area contributed by atoms with Crippen LogP contribution in [-0.4, -0.2) is 248 Å². The molecular formula is C64H79N11O25S2. The number of nitrogens with zero attached hydrogens (tertiary/aromatic N) is 6. The third-order valence-electron chi connectivity index (χ3n) is 15.4. The van der Waals surface area contributed by atoms with Crippen LogP contribution in [-0.2, 0) is 100 Å². The Morgan fingerprint density at radius 3 is 1.93 bits per heavy atom. The van der Waals surface area contributed by atoms with Gasteiger partial charge in [0.2, 0.25) is 11.8 Å². The molecule has 1 fully saturated rings. The maximum Gasteiger partial charge on any atom is 0.336 e. The van der Waals surface area contributed by atoms with Crippen LogP contribution in [0.5, 0.6) is 5.75 Å². The van der Waals surface area contributed by atoms with Gasteiger partial charge in [0, 0.05) is 54.1 Å². The van der Waals surface area contributed by atoms with Crippen LogP contribution in [0.3, 0.4) is 0 Å². The van der Waals surface area contributed by atoms with E-state index in [1.165, 1.54) is 22.9 Å². The van der Waals surface area contributed by atoms with Crippen LogP contribution in [0, 0.1) is 17.8 Å². The van der Waals surface area contributed by atoms with E-state index in [4.69, 9.17) is 64.6 Å². The SMILES string of the molecule is C#CCCC(=O)N[C@@H](Cc1cn(CCOCCOCCOCCOc2ccc(CCO[C@@H]3O[C@H](CO)[C@@H](O)[C@H](O)[C@H]3O)cc2)nn1)C(=O)NCCOCCOCCOCCn1cc(CNC(=O)c2ccc(C(=O)O)c(-c3c4ccc(=N)c(S(=O)(=O)O)c-4oc4c(S(=O)(=O)O)c(N)ccc34)c2)nn1. The van der Waals surface area contributed by atoms with Gasteiger partial charge in [0.1, 0.15) is 48.5 Å². The molecule has 0 spiro atoms. The first kappa shape index (κ1) is 78.7. The maximum absolute atomic E-state index is 13.6. The largest absolute Gasteiger partial charge is 0.491 e. The standard InChI is InChI=1S/C64H79N11O25S2/c1-2-3-4-52(77)69-50(34-41-36-74(72-70-41)17-21-92-25-28-95-29-30-96-31-32-97-43-8-5-39(6-9-43)15-19-98-64-56(80)55(79)54(78)51(38-76)99-64)62(82)67-16-20-91-23-26-94-27-24-93-22-18-75-37-42(71-73-75)35-68-61(81)40-7-10-44(63(83)84)47(33-40)53-45-11-13-48(65)59(101(85,86)87)57(45)100-58-46(53)12-14-49(66)60(58)102(88,89)90/h1,5-14,33,36-37,50-51,54-56,64-65,76,78-80H,3-4,15-32,34-35,38,66H2,(H,67,82)(H,68,81)(H,69,77)(H,83,84)(H,85,86,87)(H,88,89,90)/t50-,51+,54+,55-,56+,64+/m0/s1. The Labute approximate surface area is 583 Å². The summed E-state index contributed by atoms with van der Waals surface area (Å²) in [6.07, 6.45) is 2.62. The first-order chi connectivity index (χ1) is 48.9. The molecule has 552 valence electrons.